The zero-order chi connectivity index (χ0) is 19.2. The molecule has 9 heteroatoms. The molecule has 0 amide bonds. The summed E-state index contributed by atoms with van der Waals surface area (Å²) in [6.07, 6.45) is 1.20. The molecule has 0 radical (unpaired) electrons. The minimum absolute atomic E-state index is 0.00459. The van der Waals surface area contributed by atoms with Gasteiger partial charge in [-0.15, -0.1) is 0 Å². The van der Waals surface area contributed by atoms with E-state index >= 15 is 0 Å². The van der Waals surface area contributed by atoms with E-state index in [1.807, 2.05) is 6.92 Å². The predicted molar refractivity (Wildman–Crippen MR) is 99.3 cm³/mol. The largest absolute Gasteiger partial charge is 0.494 e. The number of nitrogens with one attached hydrogen (secondary N) is 2. The van der Waals surface area contributed by atoms with E-state index in [-0.39, 0.29) is 17.3 Å². The summed E-state index contributed by atoms with van der Waals surface area (Å²) in [6.45, 7) is 2.43. The molecule has 0 unspecified atom stereocenters. The van der Waals surface area contributed by atoms with Crippen molar-refractivity contribution in [1.29, 1.82) is 0 Å². The number of aromatic nitrogens is 2. The van der Waals surface area contributed by atoms with Crippen molar-refractivity contribution in [2.24, 2.45) is 0 Å². The highest BCUT2D eigenvalue weighted by atomic mass is 19.1. The van der Waals surface area contributed by atoms with E-state index in [0.29, 0.717) is 23.7 Å². The van der Waals surface area contributed by atoms with Crippen LogP contribution in [0.5, 0.6) is 5.75 Å². The molecule has 0 fully saturated rings. The zero-order valence-electron chi connectivity index (χ0n) is 14.3. The molecule has 1 aromatic heterocycles. The van der Waals surface area contributed by atoms with Crippen LogP contribution in [0.4, 0.5) is 33.1 Å². The van der Waals surface area contributed by atoms with Crippen molar-refractivity contribution >= 4 is 28.7 Å². The molecule has 3 aromatic rings. The summed E-state index contributed by atoms with van der Waals surface area (Å²) < 4.78 is 18.4. The van der Waals surface area contributed by atoms with Gasteiger partial charge >= 0.3 is 5.69 Å². The number of hydrogen-bond donors (Lipinski definition) is 2. The fourth-order valence-corrected chi connectivity index (χ4v) is 2.34. The Labute approximate surface area is 154 Å². The lowest BCUT2D eigenvalue weighted by Crippen LogP contribution is -2.05. The molecule has 0 saturated heterocycles. The molecule has 0 saturated carbocycles. The highest BCUT2D eigenvalue weighted by Crippen LogP contribution is 2.33. The van der Waals surface area contributed by atoms with Gasteiger partial charge < -0.3 is 15.4 Å². The zero-order valence-corrected chi connectivity index (χ0v) is 14.3. The predicted octanol–water partition coefficient (Wildman–Crippen LogP) is 4.41. The molecule has 3 rings (SSSR count). The first kappa shape index (κ1) is 18.1. The van der Waals surface area contributed by atoms with Crippen LogP contribution in [0.15, 0.2) is 54.9 Å². The van der Waals surface area contributed by atoms with Crippen molar-refractivity contribution in [3.05, 3.63) is 70.8 Å². The SMILES string of the molecule is CCOc1ccc(Nc2ncnc(Nc3ccc(F)cc3)c2[N+](=O)[O-])cc1. The molecule has 138 valence electrons. The molecule has 2 aromatic carbocycles. The van der Waals surface area contributed by atoms with Crippen LogP contribution in [0.25, 0.3) is 0 Å². The van der Waals surface area contributed by atoms with Gasteiger partial charge in [0.25, 0.3) is 0 Å². The molecule has 27 heavy (non-hydrogen) atoms. The van der Waals surface area contributed by atoms with Crippen molar-refractivity contribution < 1.29 is 14.1 Å². The Morgan fingerprint density at radius 3 is 2.00 bits per heavy atom. The van der Waals surface area contributed by atoms with Crippen molar-refractivity contribution in [3.63, 3.8) is 0 Å². The van der Waals surface area contributed by atoms with E-state index in [4.69, 9.17) is 4.74 Å². The lowest BCUT2D eigenvalue weighted by atomic mass is 10.3. The summed E-state index contributed by atoms with van der Waals surface area (Å²) in [4.78, 5) is 18.9. The van der Waals surface area contributed by atoms with Crippen molar-refractivity contribution in [1.82, 2.24) is 9.97 Å². The second-order valence-electron chi connectivity index (χ2n) is 5.39. The van der Waals surface area contributed by atoms with Gasteiger partial charge in [-0.1, -0.05) is 0 Å². The smallest absolute Gasteiger partial charge is 0.353 e. The van der Waals surface area contributed by atoms with Gasteiger partial charge in [-0.25, -0.2) is 14.4 Å². The Bertz CT molecular complexity index is 933. The maximum atomic E-state index is 13.0. The van der Waals surface area contributed by atoms with Crippen LogP contribution in [-0.4, -0.2) is 21.5 Å². The molecule has 2 N–H and O–H groups in total. The molecular weight excluding hydrogens is 353 g/mol. The first-order valence-electron chi connectivity index (χ1n) is 8.08. The molecule has 0 aliphatic heterocycles. The second kappa shape index (κ2) is 8.09. The Hall–Kier alpha value is -3.75. The van der Waals surface area contributed by atoms with Crippen LogP contribution in [-0.2, 0) is 0 Å². The third-order valence-corrected chi connectivity index (χ3v) is 3.54. The van der Waals surface area contributed by atoms with E-state index in [1.54, 1.807) is 24.3 Å². The number of rotatable bonds is 7. The molecule has 0 aliphatic rings. The third kappa shape index (κ3) is 4.46. The number of nitro groups is 1. The summed E-state index contributed by atoms with van der Waals surface area (Å²) in [5, 5.41) is 17.3. The van der Waals surface area contributed by atoms with E-state index in [2.05, 4.69) is 20.6 Å². The summed E-state index contributed by atoms with van der Waals surface area (Å²) in [6, 6.07) is 12.4. The number of anilines is 4. The molecule has 0 aliphatic carbocycles. The standard InChI is InChI=1S/C18H16FN5O3/c1-2-27-15-9-7-14(8-10-15)23-18-16(24(25)26)17(20-11-21-18)22-13-5-3-12(19)4-6-13/h3-11H,2H2,1H3,(H2,20,21,22,23). The Kier molecular flexibility index (Phi) is 5.41. The number of ether oxygens (including phenoxy) is 1. The lowest BCUT2D eigenvalue weighted by molar-refractivity contribution is -0.383. The monoisotopic (exact) mass is 369 g/mol. The molecule has 0 atom stereocenters. The van der Waals surface area contributed by atoms with Gasteiger partial charge in [0.15, 0.2) is 0 Å². The van der Waals surface area contributed by atoms with Crippen LogP contribution in [0, 0.1) is 15.9 Å². The van der Waals surface area contributed by atoms with Gasteiger partial charge in [0.05, 0.1) is 11.5 Å². The van der Waals surface area contributed by atoms with E-state index < -0.39 is 10.7 Å². The number of halogens is 1. The van der Waals surface area contributed by atoms with Crippen LogP contribution in [0.3, 0.4) is 0 Å². The molecule has 1 heterocycles. The maximum absolute atomic E-state index is 13.0. The lowest BCUT2D eigenvalue weighted by Gasteiger charge is -2.10. The van der Waals surface area contributed by atoms with Crippen LogP contribution >= 0.6 is 0 Å². The van der Waals surface area contributed by atoms with Crippen molar-refractivity contribution in [3.8, 4) is 5.75 Å². The Balaban J connectivity index is 1.88. The quantitative estimate of drug-likeness (QED) is 0.470. The fraction of sp³-hybridized carbons (Fsp3) is 0.111. The average Bonchev–Trinajstić information content (AvgIpc) is 2.65. The van der Waals surface area contributed by atoms with Gasteiger partial charge in [0.2, 0.25) is 11.6 Å². The molecular formula is C18H16FN5O3. The van der Waals surface area contributed by atoms with Gasteiger partial charge in [-0.3, -0.25) is 10.1 Å². The summed E-state index contributed by atoms with van der Waals surface area (Å²) >= 11 is 0. The summed E-state index contributed by atoms with van der Waals surface area (Å²) in [5.41, 5.74) is 0.744. The molecule has 0 bridgehead atoms. The average molecular weight is 369 g/mol. The van der Waals surface area contributed by atoms with Gasteiger partial charge in [0, 0.05) is 11.4 Å². The minimum atomic E-state index is -0.581. The molecule has 8 nitrogen and oxygen atoms in total. The first-order chi connectivity index (χ1) is 13.1. The third-order valence-electron chi connectivity index (χ3n) is 3.54. The van der Waals surface area contributed by atoms with E-state index in [1.165, 1.54) is 30.6 Å². The summed E-state index contributed by atoms with van der Waals surface area (Å²) in [5.74, 6) is 0.313. The van der Waals surface area contributed by atoms with E-state index in [0.717, 1.165) is 0 Å². The topological polar surface area (TPSA) is 102 Å². The number of hydrogen-bond acceptors (Lipinski definition) is 7. The Morgan fingerprint density at radius 1 is 1.00 bits per heavy atom. The summed E-state index contributed by atoms with van der Waals surface area (Å²) in [7, 11) is 0. The fourth-order valence-electron chi connectivity index (χ4n) is 2.34. The molecule has 0 spiro atoms. The number of benzene rings is 2. The highest BCUT2D eigenvalue weighted by Gasteiger charge is 2.23. The highest BCUT2D eigenvalue weighted by molar-refractivity contribution is 5.76. The number of nitrogens with zero attached hydrogens (tertiary/aromatic N) is 3. The van der Waals surface area contributed by atoms with Gasteiger partial charge in [0.1, 0.15) is 17.9 Å². The van der Waals surface area contributed by atoms with Crippen LogP contribution < -0.4 is 15.4 Å². The van der Waals surface area contributed by atoms with Gasteiger partial charge in [-0.2, -0.15) is 0 Å². The second-order valence-corrected chi connectivity index (χ2v) is 5.39. The van der Waals surface area contributed by atoms with Gasteiger partial charge in [-0.05, 0) is 55.5 Å². The maximum Gasteiger partial charge on any atom is 0.353 e. The first-order valence-corrected chi connectivity index (χ1v) is 8.08. The van der Waals surface area contributed by atoms with E-state index in [9.17, 15) is 14.5 Å². The Morgan fingerprint density at radius 2 is 1.52 bits per heavy atom. The minimum Gasteiger partial charge on any atom is -0.494 e. The van der Waals surface area contributed by atoms with Crippen LogP contribution in [0.2, 0.25) is 0 Å². The normalized spacial score (nSPS) is 10.3. The van der Waals surface area contributed by atoms with Crippen molar-refractivity contribution in [2.45, 2.75) is 6.92 Å². The van der Waals surface area contributed by atoms with Crippen LogP contribution in [0.1, 0.15) is 6.92 Å². The van der Waals surface area contributed by atoms with Crippen molar-refractivity contribution in [2.75, 3.05) is 17.2 Å².